The fraction of sp³-hybridized carbons (Fsp3) is 0.280. The lowest BCUT2D eigenvalue weighted by Crippen LogP contribution is -2.24. The van der Waals surface area contributed by atoms with Gasteiger partial charge in [-0.05, 0) is 55.7 Å². The summed E-state index contributed by atoms with van der Waals surface area (Å²) in [5.41, 5.74) is 1.66. The van der Waals surface area contributed by atoms with Gasteiger partial charge >= 0.3 is 6.18 Å². The molecule has 1 aliphatic heterocycles. The van der Waals surface area contributed by atoms with Gasteiger partial charge in [0.05, 0.1) is 17.7 Å². The van der Waals surface area contributed by atoms with E-state index >= 15 is 0 Å². The third-order valence-corrected chi connectivity index (χ3v) is 5.79. The van der Waals surface area contributed by atoms with Crippen LogP contribution in [-0.2, 0) is 11.0 Å². The Kier molecular flexibility index (Phi) is 6.37. The molecule has 0 spiro atoms. The zero-order valence-electron chi connectivity index (χ0n) is 18.8. The summed E-state index contributed by atoms with van der Waals surface area (Å²) in [5.74, 6) is -0.311. The minimum Gasteiger partial charge on any atom is -0.493 e. The van der Waals surface area contributed by atoms with Gasteiger partial charge < -0.3 is 19.9 Å². The van der Waals surface area contributed by atoms with Gasteiger partial charge in [0.25, 0.3) is 5.56 Å². The van der Waals surface area contributed by atoms with Crippen molar-refractivity contribution in [3.05, 3.63) is 70.0 Å². The van der Waals surface area contributed by atoms with Crippen molar-refractivity contribution >= 4 is 33.8 Å². The van der Waals surface area contributed by atoms with E-state index in [0.717, 1.165) is 17.5 Å². The number of rotatable bonds is 4. The average Bonchev–Trinajstić information content (AvgIpc) is 2.99. The number of allylic oxidation sites excluding steroid dienone is 1. The highest BCUT2D eigenvalue weighted by Gasteiger charge is 2.32. The molecule has 178 valence electrons. The molecule has 1 aromatic heterocycles. The number of pyridine rings is 1. The Balaban J connectivity index is 1.59. The van der Waals surface area contributed by atoms with Crippen LogP contribution in [0.3, 0.4) is 0 Å². The number of anilines is 2. The number of benzene rings is 2. The number of halogens is 3. The molecule has 0 radical (unpaired) electrons. The number of ether oxygens (including phenoxy) is 1. The lowest BCUT2D eigenvalue weighted by atomic mass is 9.99. The monoisotopic (exact) mass is 471 g/mol. The van der Waals surface area contributed by atoms with E-state index in [0.29, 0.717) is 47.4 Å². The second kappa shape index (κ2) is 9.24. The summed E-state index contributed by atoms with van der Waals surface area (Å²) in [5, 5.41) is 3.59. The number of alkyl halides is 3. The summed E-state index contributed by atoms with van der Waals surface area (Å²) in [6, 6.07) is 10.3. The molecule has 0 saturated heterocycles. The van der Waals surface area contributed by atoms with E-state index in [-0.39, 0.29) is 17.9 Å². The number of H-pyrrole nitrogens is 1. The van der Waals surface area contributed by atoms with Crippen LogP contribution in [0.2, 0.25) is 0 Å². The molecule has 6 nitrogen and oxygen atoms in total. The van der Waals surface area contributed by atoms with Crippen molar-refractivity contribution < 1.29 is 22.7 Å². The lowest BCUT2D eigenvalue weighted by molar-refractivity contribution is -0.137. The molecule has 2 heterocycles. The van der Waals surface area contributed by atoms with Gasteiger partial charge in [0.15, 0.2) is 0 Å². The molecule has 0 atom stereocenters. The average molecular weight is 471 g/mol. The number of hydrogen-bond donors (Lipinski definition) is 2. The van der Waals surface area contributed by atoms with Gasteiger partial charge in [-0.25, -0.2) is 0 Å². The van der Waals surface area contributed by atoms with E-state index in [1.165, 1.54) is 12.1 Å². The largest absolute Gasteiger partial charge is 0.493 e. The zero-order chi connectivity index (χ0) is 24.5. The summed E-state index contributed by atoms with van der Waals surface area (Å²) in [6.45, 7) is 2.90. The number of carbonyl (C=O) groups is 1. The molecule has 1 amide bonds. The maximum absolute atomic E-state index is 13.1. The van der Waals surface area contributed by atoms with Crippen LogP contribution in [0.15, 0.2) is 53.3 Å². The van der Waals surface area contributed by atoms with Crippen molar-refractivity contribution in [1.82, 2.24) is 4.98 Å². The van der Waals surface area contributed by atoms with E-state index in [1.807, 2.05) is 18.9 Å². The second-order valence-electron chi connectivity index (χ2n) is 8.12. The van der Waals surface area contributed by atoms with E-state index in [1.54, 1.807) is 24.3 Å². The third-order valence-electron chi connectivity index (χ3n) is 5.79. The Morgan fingerprint density at radius 2 is 2.00 bits per heavy atom. The molecule has 0 fully saturated rings. The molecule has 1 aliphatic rings. The van der Waals surface area contributed by atoms with E-state index in [2.05, 4.69) is 10.3 Å². The van der Waals surface area contributed by atoms with Crippen LogP contribution in [0.1, 0.15) is 30.9 Å². The first-order valence-electron chi connectivity index (χ1n) is 10.9. The number of aromatic amines is 1. The van der Waals surface area contributed by atoms with Crippen molar-refractivity contribution in [3.63, 3.8) is 0 Å². The minimum atomic E-state index is -4.48. The molecule has 0 saturated carbocycles. The van der Waals surface area contributed by atoms with Gasteiger partial charge in [-0.3, -0.25) is 9.59 Å². The first-order valence-corrected chi connectivity index (χ1v) is 10.9. The van der Waals surface area contributed by atoms with Crippen molar-refractivity contribution in [2.45, 2.75) is 25.9 Å². The molecule has 34 heavy (non-hydrogen) atoms. The normalized spacial score (nSPS) is 14.9. The molecular weight excluding hydrogens is 447 g/mol. The van der Waals surface area contributed by atoms with Crippen molar-refractivity contribution in [1.29, 1.82) is 0 Å². The zero-order valence-corrected chi connectivity index (χ0v) is 18.8. The second-order valence-corrected chi connectivity index (χ2v) is 8.12. The summed E-state index contributed by atoms with van der Waals surface area (Å²) in [6.07, 6.45) is -2.03. The Labute approximate surface area is 194 Å². The van der Waals surface area contributed by atoms with Crippen LogP contribution in [0.4, 0.5) is 24.5 Å². The fourth-order valence-corrected chi connectivity index (χ4v) is 3.87. The number of fused-ring (bicyclic) bond motifs is 2. The van der Waals surface area contributed by atoms with Gasteiger partial charge in [0, 0.05) is 36.3 Å². The molecule has 2 N–H and O–H groups in total. The Hall–Kier alpha value is -3.75. The van der Waals surface area contributed by atoms with Crippen molar-refractivity contribution in [3.8, 4) is 5.75 Å². The predicted octanol–water partition coefficient (Wildman–Crippen LogP) is 5.20. The molecule has 3 aromatic rings. The quantitative estimate of drug-likeness (QED) is 0.513. The van der Waals surface area contributed by atoms with Gasteiger partial charge in [-0.15, -0.1) is 0 Å². The molecule has 4 rings (SSSR count). The lowest BCUT2D eigenvalue weighted by Gasteiger charge is -2.16. The van der Waals surface area contributed by atoms with Gasteiger partial charge in [0.1, 0.15) is 11.4 Å². The first-order chi connectivity index (χ1) is 16.2. The summed E-state index contributed by atoms with van der Waals surface area (Å²) in [7, 11) is 1.83. The maximum Gasteiger partial charge on any atom is 0.416 e. The summed E-state index contributed by atoms with van der Waals surface area (Å²) in [4.78, 5) is 29.8. The van der Waals surface area contributed by atoms with Crippen LogP contribution in [0, 0.1) is 0 Å². The number of amides is 1. The number of nitrogens with one attached hydrogen (secondary N) is 2. The standard InChI is InChI=1S/C25H24F3N3O3/c1-3-31(2)21-11-16-6-8-18(14-20(16)30-24(21)33)29-23(32)12-15-5-4-10-34-22-13-17(25(26,27)28)7-9-19(15)22/h6-9,11-14H,3-5,10H2,1-2H3,(H,29,32)(H,30,33)/b15-12+. The topological polar surface area (TPSA) is 74.4 Å². The highest BCUT2D eigenvalue weighted by molar-refractivity contribution is 6.05. The smallest absolute Gasteiger partial charge is 0.416 e. The van der Waals surface area contributed by atoms with Crippen molar-refractivity contribution in [2.75, 3.05) is 30.4 Å². The van der Waals surface area contributed by atoms with E-state index < -0.39 is 17.6 Å². The van der Waals surface area contributed by atoms with E-state index in [4.69, 9.17) is 4.74 Å². The molecule has 0 aliphatic carbocycles. The third kappa shape index (κ3) is 4.93. The van der Waals surface area contributed by atoms with Crippen LogP contribution in [0.5, 0.6) is 5.75 Å². The number of carbonyl (C=O) groups excluding carboxylic acids is 1. The molecular formula is C25H24F3N3O3. The molecule has 2 aromatic carbocycles. The number of nitrogens with zero attached hydrogens (tertiary/aromatic N) is 1. The highest BCUT2D eigenvalue weighted by Crippen LogP contribution is 2.38. The van der Waals surface area contributed by atoms with Gasteiger partial charge in [-0.1, -0.05) is 12.1 Å². The Morgan fingerprint density at radius 3 is 2.74 bits per heavy atom. The predicted molar refractivity (Wildman–Crippen MR) is 126 cm³/mol. The molecule has 9 heteroatoms. The van der Waals surface area contributed by atoms with Crippen LogP contribution < -0.4 is 20.5 Å². The van der Waals surface area contributed by atoms with Gasteiger partial charge in [0.2, 0.25) is 5.91 Å². The summed E-state index contributed by atoms with van der Waals surface area (Å²) < 4.78 is 44.7. The van der Waals surface area contributed by atoms with Crippen LogP contribution >= 0.6 is 0 Å². The maximum atomic E-state index is 13.1. The number of aromatic nitrogens is 1. The van der Waals surface area contributed by atoms with Crippen LogP contribution in [-0.4, -0.2) is 31.1 Å². The molecule has 0 unspecified atom stereocenters. The van der Waals surface area contributed by atoms with Gasteiger partial charge in [-0.2, -0.15) is 13.2 Å². The van der Waals surface area contributed by atoms with E-state index in [9.17, 15) is 22.8 Å². The van der Waals surface area contributed by atoms with Crippen molar-refractivity contribution in [2.24, 2.45) is 0 Å². The first kappa shape index (κ1) is 23.4. The minimum absolute atomic E-state index is 0.113. The highest BCUT2D eigenvalue weighted by atomic mass is 19.4. The van der Waals surface area contributed by atoms with Crippen LogP contribution in [0.25, 0.3) is 16.5 Å². The Morgan fingerprint density at radius 1 is 1.21 bits per heavy atom. The Bertz CT molecular complexity index is 1330. The summed E-state index contributed by atoms with van der Waals surface area (Å²) >= 11 is 0. The molecule has 0 bridgehead atoms. The number of hydrogen-bond acceptors (Lipinski definition) is 4. The SMILES string of the molecule is CCN(C)c1cc2ccc(NC(=O)/C=C3\CCCOc4cc(C(F)(F)F)ccc43)cc2[nH]c1=O. The fourth-order valence-electron chi connectivity index (χ4n) is 3.87.